The molecule has 0 radical (unpaired) electrons. The predicted octanol–water partition coefficient (Wildman–Crippen LogP) is 2.48. The smallest absolute Gasteiger partial charge is 0.338 e. The summed E-state index contributed by atoms with van der Waals surface area (Å²) < 4.78 is 12.4. The van der Waals surface area contributed by atoms with Gasteiger partial charge in [-0.3, -0.25) is 9.36 Å². The molecule has 0 fully saturated rings. The second-order valence-corrected chi connectivity index (χ2v) is 8.35. The third-order valence-electron chi connectivity index (χ3n) is 4.68. The normalized spacial score (nSPS) is 16.4. The average Bonchev–Trinajstić information content (AvgIpc) is 3.35. The summed E-state index contributed by atoms with van der Waals surface area (Å²) in [4.78, 5) is 32.0. The number of fused-ring (bicyclic) bond motifs is 1. The molecule has 1 aromatic carbocycles. The maximum absolute atomic E-state index is 13.3. The number of rotatable bonds is 4. The van der Waals surface area contributed by atoms with Gasteiger partial charge in [0.25, 0.3) is 5.56 Å². The van der Waals surface area contributed by atoms with E-state index >= 15 is 0 Å². The fourth-order valence-corrected chi connectivity index (χ4v) is 5.07. The van der Waals surface area contributed by atoms with Gasteiger partial charge in [0.15, 0.2) is 4.80 Å². The van der Waals surface area contributed by atoms with Gasteiger partial charge in [0.1, 0.15) is 5.75 Å². The van der Waals surface area contributed by atoms with Crippen molar-refractivity contribution in [1.82, 2.24) is 4.57 Å². The Morgan fingerprint density at radius 2 is 1.97 bits per heavy atom. The average molecular weight is 427 g/mol. The lowest BCUT2D eigenvalue weighted by Gasteiger charge is -2.24. The van der Waals surface area contributed by atoms with Gasteiger partial charge in [-0.2, -0.15) is 0 Å². The second-order valence-electron chi connectivity index (χ2n) is 6.36. The van der Waals surface area contributed by atoms with Gasteiger partial charge < -0.3 is 9.47 Å². The zero-order chi connectivity index (χ0) is 20.5. The van der Waals surface area contributed by atoms with Gasteiger partial charge in [-0.1, -0.05) is 29.5 Å². The molecule has 0 spiro atoms. The summed E-state index contributed by atoms with van der Waals surface area (Å²) in [6.07, 6.45) is 1.86. The van der Waals surface area contributed by atoms with Gasteiger partial charge >= 0.3 is 5.97 Å². The van der Waals surface area contributed by atoms with Crippen molar-refractivity contribution in [3.63, 3.8) is 0 Å². The number of methoxy groups -OCH3 is 2. The Bertz CT molecular complexity index is 1270. The van der Waals surface area contributed by atoms with E-state index in [0.29, 0.717) is 26.4 Å². The van der Waals surface area contributed by atoms with E-state index < -0.39 is 12.0 Å². The minimum absolute atomic E-state index is 0.183. The molecule has 0 saturated carbocycles. The van der Waals surface area contributed by atoms with E-state index in [4.69, 9.17) is 9.47 Å². The van der Waals surface area contributed by atoms with Crippen LogP contribution in [-0.4, -0.2) is 24.8 Å². The fraction of sp³-hybridized carbons (Fsp3) is 0.190. The molecule has 0 saturated heterocycles. The van der Waals surface area contributed by atoms with Crippen molar-refractivity contribution < 1.29 is 14.3 Å². The monoisotopic (exact) mass is 426 g/mol. The molecule has 29 heavy (non-hydrogen) atoms. The molecule has 0 bridgehead atoms. The van der Waals surface area contributed by atoms with Crippen molar-refractivity contribution in [3.8, 4) is 5.75 Å². The van der Waals surface area contributed by atoms with Crippen LogP contribution in [0.1, 0.15) is 23.4 Å². The van der Waals surface area contributed by atoms with Crippen LogP contribution in [0.4, 0.5) is 0 Å². The Morgan fingerprint density at radius 3 is 2.59 bits per heavy atom. The zero-order valence-electron chi connectivity index (χ0n) is 16.0. The molecular formula is C21H18N2O4S2. The maximum atomic E-state index is 13.3. The van der Waals surface area contributed by atoms with Gasteiger partial charge in [0.05, 0.1) is 36.1 Å². The summed E-state index contributed by atoms with van der Waals surface area (Å²) in [5, 5.41) is 1.96. The number of thiazole rings is 1. The standard InChI is InChI=1S/C21H18N2O4S2/c1-12-17(20(25)27-3)18(13-6-8-14(26-2)9-7-13)23-19(24)16(29-21(23)22-12)11-15-5-4-10-28-15/h4-11,18H,1-3H3/b16-11-. The molecule has 3 aromatic rings. The molecule has 1 unspecified atom stereocenters. The third kappa shape index (κ3) is 3.45. The lowest BCUT2D eigenvalue weighted by atomic mass is 9.96. The van der Waals surface area contributed by atoms with E-state index in [1.165, 1.54) is 18.4 Å². The van der Waals surface area contributed by atoms with Crippen LogP contribution in [0.15, 0.2) is 62.8 Å². The second kappa shape index (κ2) is 7.81. The minimum Gasteiger partial charge on any atom is -0.497 e. The number of aromatic nitrogens is 1. The van der Waals surface area contributed by atoms with Gasteiger partial charge in [-0.25, -0.2) is 9.79 Å². The van der Waals surface area contributed by atoms with Crippen molar-refractivity contribution >= 4 is 34.7 Å². The Hall–Kier alpha value is -2.97. The molecule has 0 aliphatic carbocycles. The number of carbonyl (C=O) groups is 1. The highest BCUT2D eigenvalue weighted by atomic mass is 32.1. The van der Waals surface area contributed by atoms with Crippen molar-refractivity contribution in [1.29, 1.82) is 0 Å². The number of esters is 1. The predicted molar refractivity (Wildman–Crippen MR) is 113 cm³/mol. The molecule has 6 nitrogen and oxygen atoms in total. The van der Waals surface area contributed by atoms with Gasteiger partial charge in [0, 0.05) is 4.88 Å². The lowest BCUT2D eigenvalue weighted by Crippen LogP contribution is -2.39. The first-order valence-electron chi connectivity index (χ1n) is 8.82. The lowest BCUT2D eigenvalue weighted by molar-refractivity contribution is -0.136. The Balaban J connectivity index is 1.97. The molecule has 4 rings (SSSR count). The number of allylic oxidation sites excluding steroid dienone is 1. The highest BCUT2D eigenvalue weighted by Gasteiger charge is 2.33. The number of thiophene rings is 1. The molecule has 0 amide bonds. The topological polar surface area (TPSA) is 69.9 Å². The summed E-state index contributed by atoms with van der Waals surface area (Å²) in [7, 11) is 2.92. The van der Waals surface area contributed by atoms with Crippen LogP contribution >= 0.6 is 22.7 Å². The number of benzene rings is 1. The van der Waals surface area contributed by atoms with Crippen LogP contribution in [0.3, 0.4) is 0 Å². The van der Waals surface area contributed by atoms with Crippen molar-refractivity contribution in [3.05, 3.63) is 83.2 Å². The van der Waals surface area contributed by atoms with Crippen LogP contribution in [0, 0.1) is 0 Å². The highest BCUT2D eigenvalue weighted by Crippen LogP contribution is 2.31. The van der Waals surface area contributed by atoms with E-state index in [1.54, 1.807) is 42.1 Å². The zero-order valence-corrected chi connectivity index (χ0v) is 17.7. The first-order chi connectivity index (χ1) is 14.0. The highest BCUT2D eigenvalue weighted by molar-refractivity contribution is 7.11. The molecule has 1 aliphatic heterocycles. The molecule has 1 atom stereocenters. The van der Waals surface area contributed by atoms with Crippen LogP contribution in [-0.2, 0) is 9.53 Å². The van der Waals surface area contributed by atoms with E-state index in [1.807, 2.05) is 35.7 Å². The summed E-state index contributed by atoms with van der Waals surface area (Å²) in [5.41, 5.74) is 1.50. The summed E-state index contributed by atoms with van der Waals surface area (Å²) in [6, 6.07) is 10.6. The van der Waals surface area contributed by atoms with Crippen LogP contribution in [0.25, 0.3) is 6.08 Å². The van der Waals surface area contributed by atoms with E-state index in [9.17, 15) is 9.59 Å². The molecule has 148 valence electrons. The number of hydrogen-bond acceptors (Lipinski definition) is 7. The third-order valence-corrected chi connectivity index (χ3v) is 6.48. The molecule has 0 N–H and O–H groups in total. The summed E-state index contributed by atoms with van der Waals surface area (Å²) in [5.74, 6) is 0.193. The van der Waals surface area contributed by atoms with Crippen molar-refractivity contribution in [2.24, 2.45) is 4.99 Å². The SMILES string of the molecule is COC(=O)C1=C(C)N=c2s/c(=C\c3cccs3)c(=O)n2C1c1ccc(OC)cc1. The Kier molecular flexibility index (Phi) is 5.21. The van der Waals surface area contributed by atoms with Crippen LogP contribution in [0.5, 0.6) is 5.75 Å². The molecule has 3 heterocycles. The summed E-state index contributed by atoms with van der Waals surface area (Å²) in [6.45, 7) is 1.76. The quantitative estimate of drug-likeness (QED) is 0.601. The fourth-order valence-electron chi connectivity index (χ4n) is 3.30. The van der Waals surface area contributed by atoms with Crippen molar-refractivity contribution in [2.75, 3.05) is 14.2 Å². The van der Waals surface area contributed by atoms with Crippen LogP contribution in [0.2, 0.25) is 0 Å². The first kappa shape index (κ1) is 19.4. The van der Waals surface area contributed by atoms with Crippen molar-refractivity contribution in [2.45, 2.75) is 13.0 Å². The van der Waals surface area contributed by atoms with E-state index in [2.05, 4.69) is 4.99 Å². The first-order valence-corrected chi connectivity index (χ1v) is 10.5. The summed E-state index contributed by atoms with van der Waals surface area (Å²) >= 11 is 2.87. The van der Waals surface area contributed by atoms with Gasteiger partial charge in [-0.05, 0) is 42.1 Å². The number of nitrogens with zero attached hydrogens (tertiary/aromatic N) is 2. The largest absolute Gasteiger partial charge is 0.497 e. The van der Waals surface area contributed by atoms with Gasteiger partial charge in [-0.15, -0.1) is 11.3 Å². The molecule has 8 heteroatoms. The number of ether oxygens (including phenoxy) is 2. The Morgan fingerprint density at radius 1 is 1.21 bits per heavy atom. The molecule has 1 aliphatic rings. The van der Waals surface area contributed by atoms with Crippen LogP contribution < -0.4 is 19.6 Å². The number of carbonyl (C=O) groups excluding carboxylic acids is 1. The molecular weight excluding hydrogens is 408 g/mol. The van der Waals surface area contributed by atoms with E-state index in [-0.39, 0.29) is 5.56 Å². The molecule has 2 aromatic heterocycles. The minimum atomic E-state index is -0.616. The number of hydrogen-bond donors (Lipinski definition) is 0. The Labute approximate surface area is 174 Å². The van der Waals surface area contributed by atoms with Gasteiger partial charge in [0.2, 0.25) is 0 Å². The van der Waals surface area contributed by atoms with E-state index in [0.717, 1.165) is 10.4 Å². The maximum Gasteiger partial charge on any atom is 0.338 e.